The number of carbonyl (C=O) groups excluding carboxylic acids is 2. The standard InChI is InChI=1S/C22H38O5/c1-7-26-21(24)22(25,12-8-9-15(2)3)14-20(23)27-19-13-17(6)10-11-18(19)16(4)5/h9,16-19,25H,7-8,10-14H2,1-6H3/t17-,18-,19-,22?/m1/s1. The minimum atomic E-state index is -1.84. The second-order valence-corrected chi connectivity index (χ2v) is 8.60. The van der Waals surface area contributed by atoms with Gasteiger partial charge in [-0.05, 0) is 64.2 Å². The molecular formula is C22H38O5. The monoisotopic (exact) mass is 382 g/mol. The third-order valence-corrected chi connectivity index (χ3v) is 5.45. The van der Waals surface area contributed by atoms with Gasteiger partial charge in [0.1, 0.15) is 6.10 Å². The Labute approximate surface area is 164 Å². The van der Waals surface area contributed by atoms with E-state index in [9.17, 15) is 14.7 Å². The predicted molar refractivity (Wildman–Crippen MR) is 106 cm³/mol. The summed E-state index contributed by atoms with van der Waals surface area (Å²) in [7, 11) is 0. The molecule has 1 fully saturated rings. The van der Waals surface area contributed by atoms with Gasteiger partial charge in [0.25, 0.3) is 0 Å². The second-order valence-electron chi connectivity index (χ2n) is 8.60. The largest absolute Gasteiger partial charge is 0.464 e. The molecule has 1 aliphatic carbocycles. The molecule has 0 saturated heterocycles. The molecule has 0 aromatic heterocycles. The van der Waals surface area contributed by atoms with E-state index in [1.54, 1.807) is 6.92 Å². The number of carbonyl (C=O) groups is 2. The van der Waals surface area contributed by atoms with Crippen LogP contribution < -0.4 is 0 Å². The van der Waals surface area contributed by atoms with E-state index in [1.807, 2.05) is 19.9 Å². The first-order valence-corrected chi connectivity index (χ1v) is 10.3. The number of esters is 2. The number of hydrogen-bond donors (Lipinski definition) is 1. The van der Waals surface area contributed by atoms with Crippen molar-refractivity contribution in [3.8, 4) is 0 Å². The fourth-order valence-electron chi connectivity index (χ4n) is 3.83. The number of hydrogen-bond acceptors (Lipinski definition) is 5. The molecule has 0 heterocycles. The van der Waals surface area contributed by atoms with Crippen molar-refractivity contribution in [1.29, 1.82) is 0 Å². The minimum absolute atomic E-state index is 0.140. The van der Waals surface area contributed by atoms with Gasteiger partial charge in [-0.1, -0.05) is 38.8 Å². The maximum absolute atomic E-state index is 12.6. The number of allylic oxidation sites excluding steroid dienone is 2. The van der Waals surface area contributed by atoms with Crippen LogP contribution in [0.3, 0.4) is 0 Å². The highest BCUT2D eigenvalue weighted by Crippen LogP contribution is 2.36. The van der Waals surface area contributed by atoms with Crippen molar-refractivity contribution in [2.24, 2.45) is 17.8 Å². The van der Waals surface area contributed by atoms with Gasteiger partial charge in [0.05, 0.1) is 13.0 Å². The maximum atomic E-state index is 12.6. The first-order valence-electron chi connectivity index (χ1n) is 10.3. The normalized spacial score (nSPS) is 24.8. The van der Waals surface area contributed by atoms with Gasteiger partial charge in [-0.3, -0.25) is 4.79 Å². The highest BCUT2D eigenvalue weighted by atomic mass is 16.6. The van der Waals surface area contributed by atoms with E-state index >= 15 is 0 Å². The molecule has 1 saturated carbocycles. The van der Waals surface area contributed by atoms with Crippen LogP contribution in [0.2, 0.25) is 0 Å². The van der Waals surface area contributed by atoms with Crippen molar-refractivity contribution < 1.29 is 24.2 Å². The van der Waals surface area contributed by atoms with Crippen molar-refractivity contribution in [3.63, 3.8) is 0 Å². The van der Waals surface area contributed by atoms with Crippen LogP contribution in [0.15, 0.2) is 11.6 Å². The Balaban J connectivity index is 2.81. The molecule has 1 N–H and O–H groups in total. The zero-order valence-corrected chi connectivity index (χ0v) is 17.9. The number of rotatable bonds is 9. The Morgan fingerprint density at radius 3 is 2.48 bits per heavy atom. The molecular weight excluding hydrogens is 344 g/mol. The lowest BCUT2D eigenvalue weighted by molar-refractivity contribution is -0.177. The van der Waals surface area contributed by atoms with E-state index in [0.717, 1.165) is 24.8 Å². The SMILES string of the molecule is CCOC(=O)C(O)(CCC=C(C)C)CC(=O)O[C@@H]1C[C@H](C)CC[C@@H]1C(C)C. The molecule has 0 aliphatic heterocycles. The van der Waals surface area contributed by atoms with Gasteiger partial charge in [-0.2, -0.15) is 0 Å². The summed E-state index contributed by atoms with van der Waals surface area (Å²) in [4.78, 5) is 24.9. The van der Waals surface area contributed by atoms with Crippen LogP contribution in [0.25, 0.3) is 0 Å². The van der Waals surface area contributed by atoms with Crippen molar-refractivity contribution in [2.75, 3.05) is 6.61 Å². The molecule has 0 bridgehead atoms. The molecule has 5 heteroatoms. The average molecular weight is 383 g/mol. The molecule has 156 valence electrons. The highest BCUT2D eigenvalue weighted by molar-refractivity contribution is 5.85. The Bertz CT molecular complexity index is 521. The van der Waals surface area contributed by atoms with E-state index in [-0.39, 0.29) is 25.6 Å². The lowest BCUT2D eigenvalue weighted by atomic mass is 9.75. The quantitative estimate of drug-likeness (QED) is 0.472. The van der Waals surface area contributed by atoms with Gasteiger partial charge in [0.15, 0.2) is 5.60 Å². The first kappa shape index (κ1) is 23.7. The van der Waals surface area contributed by atoms with Gasteiger partial charge in [-0.25, -0.2) is 4.79 Å². The molecule has 1 rings (SSSR count). The summed E-state index contributed by atoms with van der Waals surface area (Å²) in [6.07, 6.45) is 5.09. The van der Waals surface area contributed by atoms with Crippen molar-refractivity contribution in [1.82, 2.24) is 0 Å². The highest BCUT2D eigenvalue weighted by Gasteiger charge is 2.41. The second kappa shape index (κ2) is 10.8. The lowest BCUT2D eigenvalue weighted by Gasteiger charge is -2.37. The summed E-state index contributed by atoms with van der Waals surface area (Å²) in [6.45, 7) is 12.2. The summed E-state index contributed by atoms with van der Waals surface area (Å²) in [6, 6.07) is 0. The molecule has 1 aliphatic rings. The Kier molecular flexibility index (Phi) is 9.51. The van der Waals surface area contributed by atoms with Crippen molar-refractivity contribution in [2.45, 2.75) is 91.8 Å². The van der Waals surface area contributed by atoms with E-state index in [1.165, 1.54) is 0 Å². The molecule has 0 aromatic rings. The number of aliphatic hydroxyl groups is 1. The third kappa shape index (κ3) is 7.65. The van der Waals surface area contributed by atoms with E-state index in [0.29, 0.717) is 24.2 Å². The van der Waals surface area contributed by atoms with E-state index in [2.05, 4.69) is 20.8 Å². The maximum Gasteiger partial charge on any atom is 0.338 e. The minimum Gasteiger partial charge on any atom is -0.464 e. The molecule has 0 amide bonds. The Morgan fingerprint density at radius 2 is 1.93 bits per heavy atom. The van der Waals surface area contributed by atoms with Gasteiger partial charge in [0.2, 0.25) is 0 Å². The Hall–Kier alpha value is -1.36. The van der Waals surface area contributed by atoms with Crippen LogP contribution in [0.4, 0.5) is 0 Å². The fourth-order valence-corrected chi connectivity index (χ4v) is 3.83. The zero-order chi connectivity index (χ0) is 20.6. The van der Waals surface area contributed by atoms with E-state index < -0.39 is 17.5 Å². The average Bonchev–Trinajstić information content (AvgIpc) is 2.54. The predicted octanol–water partition coefficient (Wildman–Crippen LogP) is 4.42. The zero-order valence-electron chi connectivity index (χ0n) is 17.9. The van der Waals surface area contributed by atoms with Gasteiger partial charge in [0, 0.05) is 0 Å². The molecule has 0 radical (unpaired) electrons. The molecule has 4 atom stereocenters. The summed E-state index contributed by atoms with van der Waals surface area (Å²) < 4.78 is 10.8. The summed E-state index contributed by atoms with van der Waals surface area (Å²) in [5.74, 6) is -0.00291. The van der Waals surface area contributed by atoms with Gasteiger partial charge < -0.3 is 14.6 Å². The summed E-state index contributed by atoms with van der Waals surface area (Å²) in [5, 5.41) is 10.8. The van der Waals surface area contributed by atoms with Crippen LogP contribution in [-0.4, -0.2) is 35.4 Å². The fraction of sp³-hybridized carbons (Fsp3) is 0.818. The van der Waals surface area contributed by atoms with Crippen molar-refractivity contribution in [3.05, 3.63) is 11.6 Å². The van der Waals surface area contributed by atoms with Crippen LogP contribution in [0, 0.1) is 17.8 Å². The molecule has 1 unspecified atom stereocenters. The van der Waals surface area contributed by atoms with Crippen molar-refractivity contribution >= 4 is 11.9 Å². The lowest BCUT2D eigenvalue weighted by Crippen LogP contribution is -2.44. The summed E-state index contributed by atoms with van der Waals surface area (Å²) in [5.41, 5.74) is -0.744. The van der Waals surface area contributed by atoms with Crippen LogP contribution in [-0.2, 0) is 19.1 Å². The van der Waals surface area contributed by atoms with Gasteiger partial charge >= 0.3 is 11.9 Å². The van der Waals surface area contributed by atoms with E-state index in [4.69, 9.17) is 9.47 Å². The Morgan fingerprint density at radius 1 is 1.26 bits per heavy atom. The van der Waals surface area contributed by atoms with Crippen LogP contribution in [0.5, 0.6) is 0 Å². The molecule has 5 nitrogen and oxygen atoms in total. The molecule has 0 aromatic carbocycles. The topological polar surface area (TPSA) is 72.8 Å². The molecule has 0 spiro atoms. The number of ether oxygens (including phenoxy) is 2. The van der Waals surface area contributed by atoms with Crippen LogP contribution in [0.1, 0.15) is 80.1 Å². The third-order valence-electron chi connectivity index (χ3n) is 5.45. The molecule has 27 heavy (non-hydrogen) atoms. The van der Waals surface area contributed by atoms with Crippen LogP contribution >= 0.6 is 0 Å². The summed E-state index contributed by atoms with van der Waals surface area (Å²) >= 11 is 0. The first-order chi connectivity index (χ1) is 12.6. The van der Waals surface area contributed by atoms with Gasteiger partial charge in [-0.15, -0.1) is 0 Å². The smallest absolute Gasteiger partial charge is 0.338 e.